The van der Waals surface area contributed by atoms with Gasteiger partial charge < -0.3 is 29.5 Å². The predicted molar refractivity (Wildman–Crippen MR) is 77.8 cm³/mol. The lowest BCUT2D eigenvalue weighted by Crippen LogP contribution is -2.22. The number of hydrogen-bond donors (Lipinski definition) is 3. The number of aliphatic hydroxyl groups is 3. The van der Waals surface area contributed by atoms with Gasteiger partial charge in [-0.1, -0.05) is 13.3 Å². The van der Waals surface area contributed by atoms with E-state index < -0.39 is 0 Å². The lowest BCUT2D eigenvalue weighted by molar-refractivity contribution is -0.0457. The van der Waals surface area contributed by atoms with Crippen molar-refractivity contribution in [1.82, 2.24) is 0 Å². The molecule has 20 heavy (non-hydrogen) atoms. The maximum Gasteiger partial charge on any atom is 0.0780 e. The maximum absolute atomic E-state index is 8.70. The van der Waals surface area contributed by atoms with E-state index in [9.17, 15) is 0 Å². The van der Waals surface area contributed by atoms with Crippen molar-refractivity contribution in [3.05, 3.63) is 0 Å². The Morgan fingerprint density at radius 1 is 0.850 bits per heavy atom. The van der Waals surface area contributed by atoms with Gasteiger partial charge in [0.1, 0.15) is 0 Å². The third kappa shape index (κ3) is 20.1. The number of ether oxygens (including phenoxy) is 3. The molecule has 0 aliphatic heterocycles. The first-order valence-corrected chi connectivity index (χ1v) is 7.25. The van der Waals surface area contributed by atoms with Gasteiger partial charge in [-0.3, -0.25) is 0 Å². The van der Waals surface area contributed by atoms with Crippen LogP contribution in [0.25, 0.3) is 0 Å². The molecule has 3 N–H and O–H groups in total. The van der Waals surface area contributed by atoms with Gasteiger partial charge in [0.15, 0.2) is 0 Å². The molecule has 0 heterocycles. The summed E-state index contributed by atoms with van der Waals surface area (Å²) < 4.78 is 15.4. The highest BCUT2D eigenvalue weighted by molar-refractivity contribution is 4.51. The number of aliphatic hydroxyl groups excluding tert-OH is 3. The topological polar surface area (TPSA) is 88.4 Å². The Bertz CT molecular complexity index is 164. The molecule has 0 aromatic carbocycles. The molecule has 0 spiro atoms. The van der Waals surface area contributed by atoms with Gasteiger partial charge >= 0.3 is 0 Å². The molecule has 0 aromatic rings. The van der Waals surface area contributed by atoms with Crippen molar-refractivity contribution in [1.29, 1.82) is 0 Å². The zero-order valence-corrected chi connectivity index (χ0v) is 13.1. The summed E-state index contributed by atoms with van der Waals surface area (Å²) in [5.41, 5.74) is 0. The van der Waals surface area contributed by atoms with E-state index >= 15 is 0 Å². The van der Waals surface area contributed by atoms with Crippen LogP contribution in [0.15, 0.2) is 0 Å². The van der Waals surface area contributed by atoms with Crippen LogP contribution in [0.4, 0.5) is 0 Å². The summed E-state index contributed by atoms with van der Waals surface area (Å²) in [5.74, 6) is 0. The van der Waals surface area contributed by atoms with Crippen LogP contribution in [0, 0.1) is 0 Å². The zero-order chi connectivity index (χ0) is 15.6. The van der Waals surface area contributed by atoms with Gasteiger partial charge in [0.05, 0.1) is 51.8 Å². The minimum atomic E-state index is -0.0859. The van der Waals surface area contributed by atoms with Crippen LogP contribution < -0.4 is 0 Å². The molecule has 0 aliphatic rings. The first-order valence-electron chi connectivity index (χ1n) is 7.25. The summed E-state index contributed by atoms with van der Waals surface area (Å²) in [6, 6.07) is 0. The summed E-state index contributed by atoms with van der Waals surface area (Å²) >= 11 is 0. The fraction of sp³-hybridized carbons (Fsp3) is 1.00. The van der Waals surface area contributed by atoms with E-state index in [4.69, 9.17) is 24.8 Å². The third-order valence-corrected chi connectivity index (χ3v) is 2.24. The van der Waals surface area contributed by atoms with Gasteiger partial charge in [-0.2, -0.15) is 0 Å². The van der Waals surface area contributed by atoms with E-state index in [0.717, 1.165) is 19.4 Å². The summed E-state index contributed by atoms with van der Waals surface area (Å²) in [5, 5.41) is 24.9. The fourth-order valence-electron chi connectivity index (χ4n) is 1.06. The molecule has 0 aromatic heterocycles. The monoisotopic (exact) mass is 296 g/mol. The Kier molecular flexibility index (Phi) is 20.7. The van der Waals surface area contributed by atoms with Crippen molar-refractivity contribution >= 4 is 0 Å². The van der Waals surface area contributed by atoms with Crippen molar-refractivity contribution in [3.63, 3.8) is 0 Å². The predicted octanol–water partition coefficient (Wildman–Crippen LogP) is 0.577. The summed E-state index contributed by atoms with van der Waals surface area (Å²) in [7, 11) is 0. The van der Waals surface area contributed by atoms with E-state index in [1.165, 1.54) is 0 Å². The van der Waals surface area contributed by atoms with E-state index in [0.29, 0.717) is 19.8 Å². The van der Waals surface area contributed by atoms with E-state index in [1.807, 2.05) is 13.8 Å². The van der Waals surface area contributed by atoms with Gasteiger partial charge in [-0.15, -0.1) is 0 Å². The molecular formula is C14H32O6. The minimum Gasteiger partial charge on any atom is -0.394 e. The van der Waals surface area contributed by atoms with Gasteiger partial charge in [-0.05, 0) is 20.3 Å². The lowest BCUT2D eigenvalue weighted by atomic mass is 10.3. The molecule has 0 bridgehead atoms. The molecule has 2 unspecified atom stereocenters. The molecule has 2 atom stereocenters. The Morgan fingerprint density at radius 3 is 1.90 bits per heavy atom. The second kappa shape index (κ2) is 18.8. The van der Waals surface area contributed by atoms with Crippen LogP contribution in [0.3, 0.4) is 0 Å². The highest BCUT2D eigenvalue weighted by atomic mass is 16.5. The van der Waals surface area contributed by atoms with Gasteiger partial charge in [-0.25, -0.2) is 0 Å². The van der Waals surface area contributed by atoms with Crippen LogP contribution in [-0.4, -0.2) is 73.8 Å². The fourth-order valence-corrected chi connectivity index (χ4v) is 1.06. The number of rotatable bonds is 12. The molecule has 0 fully saturated rings. The van der Waals surface area contributed by atoms with Crippen molar-refractivity contribution in [2.75, 3.05) is 46.2 Å². The average Bonchev–Trinajstić information content (AvgIpc) is 2.46. The SMILES string of the molecule is CCCCOC(C)COC(C)CO.OCCOCCO. The molecule has 0 aliphatic carbocycles. The molecule has 0 amide bonds. The quantitative estimate of drug-likeness (QED) is 0.457. The lowest BCUT2D eigenvalue weighted by Gasteiger charge is -2.15. The van der Waals surface area contributed by atoms with E-state index in [-0.39, 0.29) is 32.0 Å². The Labute approximate surface area is 122 Å². The molecule has 0 saturated heterocycles. The zero-order valence-electron chi connectivity index (χ0n) is 13.1. The third-order valence-electron chi connectivity index (χ3n) is 2.24. The maximum atomic E-state index is 8.70. The van der Waals surface area contributed by atoms with Crippen LogP contribution in [0.5, 0.6) is 0 Å². The first-order chi connectivity index (χ1) is 9.62. The summed E-state index contributed by atoms with van der Waals surface area (Å²) in [6.07, 6.45) is 2.29. The Balaban J connectivity index is 0. The molecular weight excluding hydrogens is 264 g/mol. The standard InChI is InChI=1S/C10H22O3.C4H10O3/c1-4-5-6-12-10(3)8-13-9(2)7-11;5-1-3-7-4-2-6/h9-11H,4-8H2,1-3H3;5-6H,1-4H2. The van der Waals surface area contributed by atoms with Crippen molar-refractivity contribution in [2.24, 2.45) is 0 Å². The smallest absolute Gasteiger partial charge is 0.0780 e. The van der Waals surface area contributed by atoms with Crippen LogP contribution >= 0.6 is 0 Å². The summed E-state index contributed by atoms with van der Waals surface area (Å²) in [4.78, 5) is 0. The van der Waals surface area contributed by atoms with Crippen molar-refractivity contribution in [2.45, 2.75) is 45.8 Å². The van der Waals surface area contributed by atoms with Crippen LogP contribution in [0.2, 0.25) is 0 Å². The second-order valence-electron chi connectivity index (χ2n) is 4.42. The van der Waals surface area contributed by atoms with Gasteiger partial charge in [0.25, 0.3) is 0 Å². The van der Waals surface area contributed by atoms with Crippen molar-refractivity contribution < 1.29 is 29.5 Å². The normalized spacial score (nSPS) is 13.5. The van der Waals surface area contributed by atoms with E-state index in [1.54, 1.807) is 0 Å². The second-order valence-corrected chi connectivity index (χ2v) is 4.42. The highest BCUT2D eigenvalue weighted by Crippen LogP contribution is 1.98. The molecule has 0 saturated carbocycles. The van der Waals surface area contributed by atoms with Gasteiger partial charge in [0, 0.05) is 6.61 Å². The van der Waals surface area contributed by atoms with Crippen LogP contribution in [-0.2, 0) is 14.2 Å². The summed E-state index contributed by atoms with van der Waals surface area (Å²) in [6.45, 7) is 8.10. The molecule has 124 valence electrons. The molecule has 0 radical (unpaired) electrons. The molecule has 6 heteroatoms. The first kappa shape index (κ1) is 22.0. The highest BCUT2D eigenvalue weighted by Gasteiger charge is 2.05. The number of hydrogen-bond acceptors (Lipinski definition) is 6. The molecule has 6 nitrogen and oxygen atoms in total. The molecule has 0 rings (SSSR count). The average molecular weight is 296 g/mol. The van der Waals surface area contributed by atoms with Crippen LogP contribution in [0.1, 0.15) is 33.6 Å². The Hall–Kier alpha value is -0.240. The van der Waals surface area contributed by atoms with E-state index in [2.05, 4.69) is 11.7 Å². The minimum absolute atomic E-state index is 0.0278. The van der Waals surface area contributed by atoms with Crippen molar-refractivity contribution in [3.8, 4) is 0 Å². The largest absolute Gasteiger partial charge is 0.394 e. The van der Waals surface area contributed by atoms with Gasteiger partial charge in [0.2, 0.25) is 0 Å². The number of unbranched alkanes of at least 4 members (excludes halogenated alkanes) is 1. The Morgan fingerprint density at radius 2 is 1.45 bits per heavy atom.